The Balaban J connectivity index is 2.02. The van der Waals surface area contributed by atoms with E-state index in [2.05, 4.69) is 5.32 Å². The maximum Gasteiger partial charge on any atom is 0.227 e. The summed E-state index contributed by atoms with van der Waals surface area (Å²) >= 11 is 0. The summed E-state index contributed by atoms with van der Waals surface area (Å²) in [5, 5.41) is 12.6. The van der Waals surface area contributed by atoms with Crippen LogP contribution in [0.3, 0.4) is 0 Å². The summed E-state index contributed by atoms with van der Waals surface area (Å²) in [4.78, 5) is 12.1. The minimum Gasteiger partial charge on any atom is -0.506 e. The lowest BCUT2D eigenvalue weighted by molar-refractivity contribution is -0.120. The lowest BCUT2D eigenvalue weighted by Gasteiger charge is -2.25. The Morgan fingerprint density at radius 3 is 2.89 bits per heavy atom. The third kappa shape index (κ3) is 3.38. The first-order valence-electron chi connectivity index (χ1n) is 6.53. The van der Waals surface area contributed by atoms with Crippen molar-refractivity contribution in [3.05, 3.63) is 18.2 Å². The molecule has 0 heterocycles. The summed E-state index contributed by atoms with van der Waals surface area (Å²) in [6, 6.07) is 4.91. The molecule has 0 radical (unpaired) electrons. The lowest BCUT2D eigenvalue weighted by atomic mass is 9.85. The summed E-state index contributed by atoms with van der Waals surface area (Å²) < 4.78 is 5.00. The molecule has 1 fully saturated rings. The van der Waals surface area contributed by atoms with E-state index in [0.29, 0.717) is 17.9 Å². The van der Waals surface area contributed by atoms with Gasteiger partial charge in [-0.2, -0.15) is 0 Å². The van der Waals surface area contributed by atoms with Crippen LogP contribution in [0.25, 0.3) is 0 Å². The van der Waals surface area contributed by atoms with Gasteiger partial charge in [0.2, 0.25) is 5.91 Å². The fraction of sp³-hybridized carbons (Fsp3) is 0.500. The number of ether oxygens (including phenoxy) is 1. The molecule has 0 spiro atoms. The Hall–Kier alpha value is -1.75. The van der Waals surface area contributed by atoms with Crippen LogP contribution >= 0.6 is 0 Å². The normalized spacial score (nSPS) is 22.8. The zero-order valence-corrected chi connectivity index (χ0v) is 11.1. The van der Waals surface area contributed by atoms with Gasteiger partial charge in [-0.25, -0.2) is 0 Å². The summed E-state index contributed by atoms with van der Waals surface area (Å²) in [6.45, 7) is 0. The molecular formula is C14H20N2O3. The number of nitrogens with one attached hydrogen (secondary N) is 1. The standard InChI is InChI=1S/C14H20N2O3/c1-19-11-5-6-12(13(17)8-11)16-14(18)9-3-2-4-10(15)7-9/h5-6,8-10,17H,2-4,7,15H2,1H3,(H,16,18). The fourth-order valence-corrected chi connectivity index (χ4v) is 2.44. The molecule has 1 aliphatic carbocycles. The number of hydrogen-bond acceptors (Lipinski definition) is 4. The van der Waals surface area contributed by atoms with E-state index >= 15 is 0 Å². The number of aromatic hydroxyl groups is 1. The number of benzene rings is 1. The van der Waals surface area contributed by atoms with Crippen molar-refractivity contribution < 1.29 is 14.6 Å². The SMILES string of the molecule is COc1ccc(NC(=O)C2CCCC(N)C2)c(O)c1. The molecule has 0 bridgehead atoms. The Morgan fingerprint density at radius 2 is 2.26 bits per heavy atom. The minimum absolute atomic E-state index is 0.00723. The predicted octanol–water partition coefficient (Wildman–Crippen LogP) is 1.86. The summed E-state index contributed by atoms with van der Waals surface area (Å²) in [6.07, 6.45) is 3.53. The summed E-state index contributed by atoms with van der Waals surface area (Å²) in [5.74, 6) is 0.420. The van der Waals surface area contributed by atoms with Gasteiger partial charge in [0, 0.05) is 18.0 Å². The maximum atomic E-state index is 12.1. The van der Waals surface area contributed by atoms with E-state index in [1.165, 1.54) is 13.2 Å². The van der Waals surface area contributed by atoms with Gasteiger partial charge in [0.1, 0.15) is 11.5 Å². The first-order valence-corrected chi connectivity index (χ1v) is 6.53. The molecule has 1 aliphatic rings. The van der Waals surface area contributed by atoms with E-state index in [0.717, 1.165) is 19.3 Å². The molecule has 2 unspecified atom stereocenters. The van der Waals surface area contributed by atoms with E-state index < -0.39 is 0 Å². The van der Waals surface area contributed by atoms with Crippen LogP contribution in [0, 0.1) is 5.92 Å². The largest absolute Gasteiger partial charge is 0.506 e. The molecule has 0 aliphatic heterocycles. The fourth-order valence-electron chi connectivity index (χ4n) is 2.44. The number of carbonyl (C=O) groups excluding carboxylic acids is 1. The third-order valence-corrected chi connectivity index (χ3v) is 3.55. The molecule has 104 valence electrons. The minimum atomic E-state index is -0.0735. The van der Waals surface area contributed by atoms with E-state index in [4.69, 9.17) is 10.5 Å². The van der Waals surface area contributed by atoms with Crippen molar-refractivity contribution in [1.82, 2.24) is 0 Å². The summed E-state index contributed by atoms with van der Waals surface area (Å²) in [7, 11) is 1.52. The number of hydrogen-bond donors (Lipinski definition) is 3. The zero-order chi connectivity index (χ0) is 13.8. The average molecular weight is 264 g/mol. The van der Waals surface area contributed by atoms with Crippen LogP contribution in [0.5, 0.6) is 11.5 Å². The summed E-state index contributed by atoms with van der Waals surface area (Å²) in [5.41, 5.74) is 6.29. The van der Waals surface area contributed by atoms with Crippen molar-refractivity contribution in [1.29, 1.82) is 0 Å². The molecule has 1 amide bonds. The molecule has 4 N–H and O–H groups in total. The van der Waals surface area contributed by atoms with E-state index in [-0.39, 0.29) is 23.6 Å². The molecule has 1 aromatic carbocycles. The van der Waals surface area contributed by atoms with Crippen LogP contribution in [0.4, 0.5) is 5.69 Å². The number of anilines is 1. The molecule has 5 heteroatoms. The zero-order valence-electron chi connectivity index (χ0n) is 11.1. The number of nitrogens with two attached hydrogens (primary N) is 1. The number of phenolic OH excluding ortho intramolecular Hbond substituents is 1. The second-order valence-corrected chi connectivity index (χ2v) is 5.00. The number of phenols is 1. The van der Waals surface area contributed by atoms with Crippen molar-refractivity contribution in [2.24, 2.45) is 11.7 Å². The van der Waals surface area contributed by atoms with Gasteiger partial charge in [0.25, 0.3) is 0 Å². The van der Waals surface area contributed by atoms with E-state index in [1.54, 1.807) is 12.1 Å². The Kier molecular flexibility index (Phi) is 4.27. The highest BCUT2D eigenvalue weighted by molar-refractivity contribution is 5.94. The van der Waals surface area contributed by atoms with Crippen molar-refractivity contribution in [3.8, 4) is 11.5 Å². The monoisotopic (exact) mass is 264 g/mol. The molecule has 1 saturated carbocycles. The first kappa shape index (κ1) is 13.7. The topological polar surface area (TPSA) is 84.6 Å². The van der Waals surface area contributed by atoms with E-state index in [1.807, 2.05) is 0 Å². The van der Waals surface area contributed by atoms with Gasteiger partial charge in [-0.15, -0.1) is 0 Å². The van der Waals surface area contributed by atoms with Gasteiger partial charge in [-0.05, 0) is 31.4 Å². The van der Waals surface area contributed by atoms with Gasteiger partial charge in [0.05, 0.1) is 12.8 Å². The molecule has 2 atom stereocenters. The quantitative estimate of drug-likeness (QED) is 0.727. The van der Waals surface area contributed by atoms with Crippen molar-refractivity contribution in [2.45, 2.75) is 31.7 Å². The first-order chi connectivity index (χ1) is 9.10. The van der Waals surface area contributed by atoms with Crippen molar-refractivity contribution in [2.75, 3.05) is 12.4 Å². The van der Waals surface area contributed by atoms with E-state index in [9.17, 15) is 9.90 Å². The average Bonchev–Trinajstić information content (AvgIpc) is 2.41. The lowest BCUT2D eigenvalue weighted by Crippen LogP contribution is -2.34. The predicted molar refractivity (Wildman–Crippen MR) is 73.2 cm³/mol. The second kappa shape index (κ2) is 5.93. The number of methoxy groups -OCH3 is 1. The number of rotatable bonds is 3. The van der Waals surface area contributed by atoms with Crippen LogP contribution in [0.15, 0.2) is 18.2 Å². The Labute approximate surface area is 112 Å². The molecule has 2 rings (SSSR count). The van der Waals surface area contributed by atoms with Crippen molar-refractivity contribution in [3.63, 3.8) is 0 Å². The molecular weight excluding hydrogens is 244 g/mol. The van der Waals surface area contributed by atoms with Gasteiger partial charge in [-0.1, -0.05) is 6.42 Å². The Bertz CT molecular complexity index is 462. The van der Waals surface area contributed by atoms with Gasteiger partial charge in [0.15, 0.2) is 0 Å². The van der Waals surface area contributed by atoms with Gasteiger partial charge < -0.3 is 20.9 Å². The van der Waals surface area contributed by atoms with Crippen LogP contribution in [0.1, 0.15) is 25.7 Å². The number of carbonyl (C=O) groups is 1. The highest BCUT2D eigenvalue weighted by Gasteiger charge is 2.25. The van der Waals surface area contributed by atoms with Crippen LogP contribution in [-0.4, -0.2) is 24.2 Å². The molecule has 0 aromatic heterocycles. The highest BCUT2D eigenvalue weighted by Crippen LogP contribution is 2.30. The molecule has 1 aromatic rings. The highest BCUT2D eigenvalue weighted by atomic mass is 16.5. The second-order valence-electron chi connectivity index (χ2n) is 5.00. The molecule has 5 nitrogen and oxygen atoms in total. The molecule has 0 saturated heterocycles. The van der Waals surface area contributed by atoms with Crippen LogP contribution < -0.4 is 15.8 Å². The smallest absolute Gasteiger partial charge is 0.227 e. The van der Waals surface area contributed by atoms with Gasteiger partial charge >= 0.3 is 0 Å². The maximum absolute atomic E-state index is 12.1. The molecule has 19 heavy (non-hydrogen) atoms. The van der Waals surface area contributed by atoms with Crippen molar-refractivity contribution >= 4 is 11.6 Å². The third-order valence-electron chi connectivity index (χ3n) is 3.55. The number of amides is 1. The van der Waals surface area contributed by atoms with Crippen LogP contribution in [-0.2, 0) is 4.79 Å². The Morgan fingerprint density at radius 1 is 1.47 bits per heavy atom. The van der Waals surface area contributed by atoms with Gasteiger partial charge in [-0.3, -0.25) is 4.79 Å². The van der Waals surface area contributed by atoms with Crippen LogP contribution in [0.2, 0.25) is 0 Å².